The van der Waals surface area contributed by atoms with Crippen LogP contribution in [0.3, 0.4) is 0 Å². The number of rotatable bonds is 6. The Kier molecular flexibility index (Phi) is 5.65. The van der Waals surface area contributed by atoms with E-state index in [2.05, 4.69) is 27.5 Å². The van der Waals surface area contributed by atoms with E-state index in [-0.39, 0.29) is 0 Å². The van der Waals surface area contributed by atoms with Gasteiger partial charge in [-0.1, -0.05) is 42.6 Å². The molecule has 0 bridgehead atoms. The fourth-order valence-corrected chi connectivity index (χ4v) is 2.40. The molecule has 0 aliphatic carbocycles. The minimum absolute atomic E-state index is 0.491. The highest BCUT2D eigenvalue weighted by molar-refractivity contribution is 6.43. The number of nitrogens with zero attached hydrogens (tertiary/aromatic N) is 2. The van der Waals surface area contributed by atoms with Gasteiger partial charge >= 0.3 is 0 Å². The molecule has 0 saturated carbocycles. The summed E-state index contributed by atoms with van der Waals surface area (Å²) < 4.78 is 0. The van der Waals surface area contributed by atoms with Gasteiger partial charge in [-0.15, -0.1) is 0 Å². The maximum Gasteiger partial charge on any atom is 0.139 e. The summed E-state index contributed by atoms with van der Waals surface area (Å²) in [6.07, 6.45) is 3.42. The highest BCUT2D eigenvalue weighted by Gasteiger charge is 2.12. The minimum atomic E-state index is 0.491. The Morgan fingerprint density at radius 1 is 1.10 bits per heavy atom. The van der Waals surface area contributed by atoms with Gasteiger partial charge in [0.15, 0.2) is 0 Å². The number of anilines is 3. The molecule has 0 amide bonds. The summed E-state index contributed by atoms with van der Waals surface area (Å²) in [6, 6.07) is 5.48. The highest BCUT2D eigenvalue weighted by atomic mass is 35.5. The van der Waals surface area contributed by atoms with E-state index in [9.17, 15) is 0 Å². The second-order valence-electron chi connectivity index (χ2n) is 4.56. The lowest BCUT2D eigenvalue weighted by Crippen LogP contribution is -2.08. The molecule has 2 N–H and O–H groups in total. The summed E-state index contributed by atoms with van der Waals surface area (Å²) in [7, 11) is 0. The number of benzene rings is 1. The molecule has 1 heterocycles. The topological polar surface area (TPSA) is 49.8 Å². The fraction of sp³-hybridized carbons (Fsp3) is 0.333. The van der Waals surface area contributed by atoms with Crippen LogP contribution in [0.5, 0.6) is 0 Å². The Hall–Kier alpha value is -1.52. The van der Waals surface area contributed by atoms with Crippen LogP contribution in [0.4, 0.5) is 17.3 Å². The number of hydrogen-bond donors (Lipinski definition) is 2. The van der Waals surface area contributed by atoms with E-state index in [1.54, 1.807) is 6.07 Å². The van der Waals surface area contributed by atoms with Crippen LogP contribution in [-0.2, 0) is 6.42 Å². The van der Waals surface area contributed by atoms with E-state index in [1.165, 1.54) is 6.33 Å². The van der Waals surface area contributed by atoms with Gasteiger partial charge < -0.3 is 10.6 Å². The molecule has 0 aliphatic heterocycles. The molecule has 6 heteroatoms. The Morgan fingerprint density at radius 3 is 2.57 bits per heavy atom. The van der Waals surface area contributed by atoms with Gasteiger partial charge in [-0.25, -0.2) is 9.97 Å². The number of aromatic nitrogens is 2. The second-order valence-corrected chi connectivity index (χ2v) is 5.34. The Morgan fingerprint density at radius 2 is 1.86 bits per heavy atom. The highest BCUT2D eigenvalue weighted by Crippen LogP contribution is 2.33. The first-order chi connectivity index (χ1) is 10.2. The summed E-state index contributed by atoms with van der Waals surface area (Å²) in [5.74, 6) is 1.61. The molecule has 2 aromatic rings. The summed E-state index contributed by atoms with van der Waals surface area (Å²) in [5, 5.41) is 7.53. The molecule has 21 heavy (non-hydrogen) atoms. The molecular weight excluding hydrogens is 307 g/mol. The zero-order chi connectivity index (χ0) is 15.2. The van der Waals surface area contributed by atoms with E-state index in [0.717, 1.165) is 42.3 Å². The normalized spacial score (nSPS) is 10.5. The van der Waals surface area contributed by atoms with Crippen molar-refractivity contribution in [1.29, 1.82) is 0 Å². The maximum absolute atomic E-state index is 6.22. The number of hydrogen-bond acceptors (Lipinski definition) is 4. The molecule has 0 aliphatic rings. The van der Waals surface area contributed by atoms with E-state index in [0.29, 0.717) is 10.0 Å². The number of nitrogens with one attached hydrogen (secondary N) is 2. The van der Waals surface area contributed by atoms with Crippen molar-refractivity contribution in [2.24, 2.45) is 0 Å². The zero-order valence-electron chi connectivity index (χ0n) is 12.1. The maximum atomic E-state index is 6.22. The Balaban J connectivity index is 2.38. The first-order valence-electron chi connectivity index (χ1n) is 6.96. The van der Waals surface area contributed by atoms with Gasteiger partial charge in [0.1, 0.15) is 18.0 Å². The molecule has 0 fully saturated rings. The second kappa shape index (κ2) is 7.48. The fourth-order valence-electron chi connectivity index (χ4n) is 2.05. The predicted molar refractivity (Wildman–Crippen MR) is 89.9 cm³/mol. The van der Waals surface area contributed by atoms with Crippen LogP contribution < -0.4 is 10.6 Å². The largest absolute Gasteiger partial charge is 0.370 e. The predicted octanol–water partition coefficient (Wildman–Crippen LogP) is 4.91. The van der Waals surface area contributed by atoms with Crippen molar-refractivity contribution < 1.29 is 0 Å². The van der Waals surface area contributed by atoms with Crippen molar-refractivity contribution in [1.82, 2.24) is 9.97 Å². The van der Waals surface area contributed by atoms with Gasteiger partial charge in [-0.2, -0.15) is 0 Å². The molecule has 0 unspecified atom stereocenters. The quantitative estimate of drug-likeness (QED) is 0.792. The molecule has 0 radical (unpaired) electrons. The van der Waals surface area contributed by atoms with E-state index >= 15 is 0 Å². The van der Waals surface area contributed by atoms with Crippen LogP contribution in [0.25, 0.3) is 0 Å². The molecular formula is C15H18Cl2N4. The first kappa shape index (κ1) is 15.9. The van der Waals surface area contributed by atoms with Crippen molar-refractivity contribution in [3.63, 3.8) is 0 Å². The van der Waals surface area contributed by atoms with Crippen LogP contribution >= 0.6 is 23.2 Å². The van der Waals surface area contributed by atoms with Crippen molar-refractivity contribution in [3.8, 4) is 0 Å². The zero-order valence-corrected chi connectivity index (χ0v) is 13.6. The summed E-state index contributed by atoms with van der Waals surface area (Å²) >= 11 is 12.3. The molecule has 112 valence electrons. The van der Waals surface area contributed by atoms with E-state index in [1.807, 2.05) is 19.1 Å². The monoisotopic (exact) mass is 324 g/mol. The third-order valence-corrected chi connectivity index (χ3v) is 3.81. The lowest BCUT2D eigenvalue weighted by atomic mass is 10.1. The third kappa shape index (κ3) is 3.77. The lowest BCUT2D eigenvalue weighted by Gasteiger charge is -2.15. The Bertz CT molecular complexity index is 617. The van der Waals surface area contributed by atoms with Gasteiger partial charge in [-0.3, -0.25) is 0 Å². The molecule has 1 aromatic heterocycles. The van der Waals surface area contributed by atoms with Gasteiger partial charge in [-0.05, 0) is 25.5 Å². The van der Waals surface area contributed by atoms with Crippen LogP contribution in [-0.4, -0.2) is 16.5 Å². The van der Waals surface area contributed by atoms with E-state index < -0.39 is 0 Å². The average Bonchev–Trinajstić information content (AvgIpc) is 2.47. The molecule has 1 aromatic carbocycles. The van der Waals surface area contributed by atoms with Crippen molar-refractivity contribution in [2.45, 2.75) is 26.7 Å². The first-order valence-corrected chi connectivity index (χ1v) is 7.71. The van der Waals surface area contributed by atoms with Crippen LogP contribution in [0.1, 0.15) is 25.8 Å². The van der Waals surface area contributed by atoms with Gasteiger partial charge in [0.25, 0.3) is 0 Å². The van der Waals surface area contributed by atoms with Gasteiger partial charge in [0.05, 0.1) is 15.7 Å². The molecule has 4 nitrogen and oxygen atoms in total. The van der Waals surface area contributed by atoms with Gasteiger partial charge in [0, 0.05) is 12.1 Å². The lowest BCUT2D eigenvalue weighted by molar-refractivity contribution is 0.902. The van der Waals surface area contributed by atoms with Gasteiger partial charge in [0.2, 0.25) is 0 Å². The van der Waals surface area contributed by atoms with Crippen LogP contribution in [0, 0.1) is 0 Å². The van der Waals surface area contributed by atoms with Crippen LogP contribution in [0.15, 0.2) is 24.5 Å². The molecule has 0 spiro atoms. The molecule has 2 rings (SSSR count). The van der Waals surface area contributed by atoms with Crippen molar-refractivity contribution >= 4 is 40.5 Å². The minimum Gasteiger partial charge on any atom is -0.370 e. The van der Waals surface area contributed by atoms with Crippen molar-refractivity contribution in [3.05, 3.63) is 40.1 Å². The molecule has 0 atom stereocenters. The Labute approximate surface area is 134 Å². The van der Waals surface area contributed by atoms with Crippen molar-refractivity contribution in [2.75, 3.05) is 17.2 Å². The SMILES string of the molecule is CCCc1c(NCC)ncnc1Nc1cccc(Cl)c1Cl. The summed E-state index contributed by atoms with van der Waals surface area (Å²) in [5.41, 5.74) is 1.79. The average molecular weight is 325 g/mol. The third-order valence-electron chi connectivity index (χ3n) is 2.99. The summed E-state index contributed by atoms with van der Waals surface area (Å²) in [6.45, 7) is 4.97. The molecule has 0 saturated heterocycles. The standard InChI is InChI=1S/C15H18Cl2N4/c1-3-6-10-14(18-4-2)19-9-20-15(10)21-12-8-5-7-11(16)13(12)17/h5,7-9H,3-4,6H2,1-2H3,(H2,18,19,20,21). The smallest absolute Gasteiger partial charge is 0.139 e. The van der Waals surface area contributed by atoms with Crippen LogP contribution in [0.2, 0.25) is 10.0 Å². The number of halogens is 2. The van der Waals surface area contributed by atoms with E-state index in [4.69, 9.17) is 23.2 Å². The summed E-state index contributed by atoms with van der Waals surface area (Å²) in [4.78, 5) is 8.65.